The second-order valence-corrected chi connectivity index (χ2v) is 10.6. The van der Waals surface area contributed by atoms with E-state index >= 15 is 0 Å². The van der Waals surface area contributed by atoms with E-state index in [1.807, 2.05) is 6.92 Å². The number of rotatable bonds is 9. The summed E-state index contributed by atoms with van der Waals surface area (Å²) in [4.78, 5) is 24.0. The lowest BCUT2D eigenvalue weighted by molar-refractivity contribution is -0.386. The summed E-state index contributed by atoms with van der Waals surface area (Å²) < 4.78 is 39.6. The van der Waals surface area contributed by atoms with Crippen LogP contribution in [0.1, 0.15) is 63.5 Å². The van der Waals surface area contributed by atoms with E-state index in [-0.39, 0.29) is 35.4 Å². The van der Waals surface area contributed by atoms with Gasteiger partial charge in [-0.2, -0.15) is 5.26 Å². The lowest BCUT2D eigenvalue weighted by Gasteiger charge is -2.35. The zero-order valence-electron chi connectivity index (χ0n) is 22.3. The van der Waals surface area contributed by atoms with Crippen LogP contribution in [-0.2, 0) is 11.4 Å². The number of ketones is 1. The number of nitrogens with one attached hydrogen (secondary N) is 1. The van der Waals surface area contributed by atoms with Gasteiger partial charge in [0.05, 0.1) is 45.2 Å². The molecule has 210 valence electrons. The monoisotopic (exact) mass is 615 g/mol. The number of nitrogens with zero attached hydrogens (tertiary/aromatic N) is 2. The number of hydrogen-bond acceptors (Lipinski definition) is 7. The molecule has 1 aliphatic carbocycles. The number of ether oxygens (including phenoxy) is 2. The summed E-state index contributed by atoms with van der Waals surface area (Å²) >= 11 is 3.48. The van der Waals surface area contributed by atoms with Gasteiger partial charge in [0.1, 0.15) is 6.61 Å². The number of nitro benzene ring substituents is 1. The molecule has 0 fully saturated rings. The molecule has 0 saturated heterocycles. The fraction of sp³-hybridized carbons (Fsp3) is 0.379. The second kappa shape index (κ2) is 12.2. The summed E-state index contributed by atoms with van der Waals surface area (Å²) in [5.74, 6) is -2.50. The summed E-state index contributed by atoms with van der Waals surface area (Å²) in [6.45, 7) is 5.47. The van der Waals surface area contributed by atoms with Crippen LogP contribution in [0.3, 0.4) is 0 Å². The third-order valence-corrected chi connectivity index (χ3v) is 7.67. The maximum absolute atomic E-state index is 13.9. The highest BCUT2D eigenvalue weighted by atomic mass is 79.9. The molecule has 0 unspecified atom stereocenters. The van der Waals surface area contributed by atoms with Crippen molar-refractivity contribution in [3.05, 3.63) is 84.2 Å². The molecule has 2 aliphatic rings. The molecule has 0 amide bonds. The van der Waals surface area contributed by atoms with E-state index in [0.29, 0.717) is 39.4 Å². The predicted molar refractivity (Wildman–Crippen MR) is 147 cm³/mol. The van der Waals surface area contributed by atoms with Gasteiger partial charge in [0.2, 0.25) is 0 Å². The van der Waals surface area contributed by atoms with Crippen LogP contribution < -0.4 is 14.8 Å². The number of nitro groups is 1. The van der Waals surface area contributed by atoms with Crippen LogP contribution in [0, 0.1) is 39.0 Å². The largest absolute Gasteiger partial charge is 0.490 e. The Morgan fingerprint density at radius 2 is 1.90 bits per heavy atom. The Labute approximate surface area is 238 Å². The van der Waals surface area contributed by atoms with Gasteiger partial charge in [-0.1, -0.05) is 13.3 Å². The highest BCUT2D eigenvalue weighted by Gasteiger charge is 2.39. The first-order valence-corrected chi connectivity index (χ1v) is 13.7. The van der Waals surface area contributed by atoms with Crippen molar-refractivity contribution >= 4 is 27.4 Å². The molecule has 8 nitrogen and oxygen atoms in total. The van der Waals surface area contributed by atoms with Crippen LogP contribution in [0.2, 0.25) is 0 Å². The lowest BCUT2D eigenvalue weighted by atomic mass is 9.72. The number of carbonyl (C=O) groups is 1. The maximum Gasteiger partial charge on any atom is 0.279 e. The van der Waals surface area contributed by atoms with Crippen molar-refractivity contribution in [1.29, 1.82) is 5.26 Å². The molecule has 2 aromatic rings. The van der Waals surface area contributed by atoms with E-state index in [0.717, 1.165) is 31.0 Å². The van der Waals surface area contributed by atoms with Gasteiger partial charge in [-0.25, -0.2) is 8.78 Å². The molecule has 0 radical (unpaired) electrons. The summed E-state index contributed by atoms with van der Waals surface area (Å²) in [5.41, 5.74) is 2.35. The molecular formula is C29H28BrF2N3O5. The predicted octanol–water partition coefficient (Wildman–Crippen LogP) is 7.13. The Balaban J connectivity index is 1.76. The second-order valence-electron chi connectivity index (χ2n) is 9.79. The number of nitriles is 1. The number of Topliss-reactive ketones (excluding diaryl/α,β-unsaturated/α-hetero) is 1. The highest BCUT2D eigenvalue weighted by molar-refractivity contribution is 9.10. The minimum Gasteiger partial charge on any atom is -0.490 e. The third-order valence-electron chi connectivity index (χ3n) is 7.08. The van der Waals surface area contributed by atoms with Gasteiger partial charge in [0.15, 0.2) is 28.9 Å². The zero-order chi connectivity index (χ0) is 29.1. The summed E-state index contributed by atoms with van der Waals surface area (Å²) in [6.07, 6.45) is 3.04. The van der Waals surface area contributed by atoms with Crippen LogP contribution in [-0.4, -0.2) is 17.3 Å². The first-order chi connectivity index (χ1) is 19.1. The van der Waals surface area contributed by atoms with Crippen molar-refractivity contribution in [2.45, 2.75) is 59.0 Å². The molecule has 2 aromatic carbocycles. The van der Waals surface area contributed by atoms with Crippen LogP contribution in [0.4, 0.5) is 14.5 Å². The molecule has 1 heterocycles. The lowest BCUT2D eigenvalue weighted by Crippen LogP contribution is -2.34. The van der Waals surface area contributed by atoms with E-state index in [1.165, 1.54) is 0 Å². The van der Waals surface area contributed by atoms with Crippen molar-refractivity contribution < 1.29 is 28.0 Å². The van der Waals surface area contributed by atoms with Gasteiger partial charge >= 0.3 is 0 Å². The number of benzene rings is 2. The fourth-order valence-electron chi connectivity index (χ4n) is 5.38. The summed E-state index contributed by atoms with van der Waals surface area (Å²) in [7, 11) is 0. The van der Waals surface area contributed by atoms with E-state index in [9.17, 15) is 29.0 Å². The van der Waals surface area contributed by atoms with Crippen LogP contribution >= 0.6 is 15.9 Å². The number of dihydropyridines is 1. The summed E-state index contributed by atoms with van der Waals surface area (Å²) in [6, 6.07) is 6.91. The molecule has 2 atom stereocenters. The number of halogens is 3. The van der Waals surface area contributed by atoms with E-state index in [2.05, 4.69) is 34.2 Å². The SMILES string of the molecule is CCC[C@@H]1CC(=O)C2=C(C1)NC(C)=C(C#N)[C@H]2c1cc(Br)c(OCc2cc(F)c(F)cc2[N+](=O)[O-])c(OCC)c1. The normalized spacial score (nSPS) is 18.7. The van der Waals surface area contributed by atoms with Crippen molar-refractivity contribution in [3.63, 3.8) is 0 Å². The quantitative estimate of drug-likeness (QED) is 0.236. The Morgan fingerprint density at radius 3 is 2.55 bits per heavy atom. The van der Waals surface area contributed by atoms with Crippen molar-refractivity contribution in [3.8, 4) is 17.6 Å². The molecule has 11 heteroatoms. The molecule has 1 N–H and O–H groups in total. The molecular weight excluding hydrogens is 588 g/mol. The molecule has 4 rings (SSSR count). The molecule has 40 heavy (non-hydrogen) atoms. The number of allylic oxidation sites excluding steroid dienone is 4. The topological polar surface area (TPSA) is 114 Å². The maximum atomic E-state index is 13.9. The van der Waals surface area contributed by atoms with Gasteiger partial charge in [-0.3, -0.25) is 14.9 Å². The zero-order valence-corrected chi connectivity index (χ0v) is 23.9. The van der Waals surface area contributed by atoms with E-state index < -0.39 is 34.8 Å². The van der Waals surface area contributed by atoms with E-state index in [4.69, 9.17) is 9.47 Å². The Hall–Kier alpha value is -3.78. The average Bonchev–Trinajstić information content (AvgIpc) is 2.89. The average molecular weight is 616 g/mol. The van der Waals surface area contributed by atoms with Gasteiger partial charge in [-0.05, 0) is 72.3 Å². The van der Waals surface area contributed by atoms with Gasteiger partial charge in [-0.15, -0.1) is 0 Å². The molecule has 0 bridgehead atoms. The van der Waals surface area contributed by atoms with Crippen molar-refractivity contribution in [1.82, 2.24) is 5.32 Å². The van der Waals surface area contributed by atoms with E-state index in [1.54, 1.807) is 19.1 Å². The molecule has 0 saturated carbocycles. The molecule has 0 spiro atoms. The Morgan fingerprint density at radius 1 is 1.18 bits per heavy atom. The van der Waals surface area contributed by atoms with Gasteiger partial charge in [0, 0.05) is 23.4 Å². The Bertz CT molecular complexity index is 1480. The standard InChI is InChI=1S/C29H28BrF2N3O5/c1-4-6-16-7-23-28(25(36)8-16)27(19(13-33)15(3)34-23)17-9-20(30)29(26(11-17)39-5-2)40-14-18-10-21(31)22(32)12-24(18)35(37)38/h9-12,16,27,34H,4-8,14H2,1-3H3/t16-,27+/m0/s1. The first-order valence-electron chi connectivity index (χ1n) is 12.9. The smallest absolute Gasteiger partial charge is 0.279 e. The third kappa shape index (κ3) is 5.72. The van der Waals surface area contributed by atoms with Gasteiger partial charge < -0.3 is 14.8 Å². The minimum atomic E-state index is -1.33. The van der Waals surface area contributed by atoms with Crippen LogP contribution in [0.25, 0.3) is 0 Å². The fourth-order valence-corrected chi connectivity index (χ4v) is 5.96. The van der Waals surface area contributed by atoms with Gasteiger partial charge in [0.25, 0.3) is 5.69 Å². The molecule has 1 aliphatic heterocycles. The van der Waals surface area contributed by atoms with Crippen LogP contribution in [0.15, 0.2) is 51.3 Å². The molecule has 0 aromatic heterocycles. The number of hydrogen-bond donors (Lipinski definition) is 1. The number of carbonyl (C=O) groups excluding carboxylic acids is 1. The highest BCUT2D eigenvalue weighted by Crippen LogP contribution is 2.47. The first kappa shape index (κ1) is 29.2. The van der Waals surface area contributed by atoms with Crippen molar-refractivity contribution in [2.75, 3.05) is 6.61 Å². The van der Waals surface area contributed by atoms with Crippen molar-refractivity contribution in [2.24, 2.45) is 5.92 Å². The Kier molecular flexibility index (Phi) is 8.88. The minimum absolute atomic E-state index is 0.00231. The van der Waals surface area contributed by atoms with Crippen LogP contribution in [0.5, 0.6) is 11.5 Å². The summed E-state index contributed by atoms with van der Waals surface area (Å²) in [5, 5.41) is 24.8.